The number of anilines is 1. The third-order valence-corrected chi connectivity index (χ3v) is 3.97. The summed E-state index contributed by atoms with van der Waals surface area (Å²) in [5.41, 5.74) is 1.79. The topological polar surface area (TPSA) is 58.2 Å². The van der Waals surface area contributed by atoms with Crippen LogP contribution in [-0.2, 0) is 16.1 Å². The Balaban J connectivity index is 1.86. The third kappa shape index (κ3) is 4.88. The van der Waals surface area contributed by atoms with Gasteiger partial charge in [-0.05, 0) is 30.5 Å². The summed E-state index contributed by atoms with van der Waals surface area (Å²) in [6.07, 6.45) is 6.07. The Kier molecular flexibility index (Phi) is 5.78. The Morgan fingerprint density at radius 2 is 1.95 bits per heavy atom. The van der Waals surface area contributed by atoms with Crippen LogP contribution < -0.4 is 10.6 Å². The maximum Gasteiger partial charge on any atom is 0.224 e. The van der Waals surface area contributed by atoms with Crippen LogP contribution in [0, 0.1) is 5.92 Å². The quantitative estimate of drug-likeness (QED) is 0.874. The summed E-state index contributed by atoms with van der Waals surface area (Å²) >= 11 is 0. The highest BCUT2D eigenvalue weighted by Crippen LogP contribution is 2.23. The zero-order chi connectivity index (χ0) is 15.1. The SMILES string of the molecule is CCC(=O)Nc1cccc(CNC(=O)C2CCCCC2)c1. The molecule has 2 amide bonds. The minimum atomic E-state index is -0.00149. The van der Waals surface area contributed by atoms with E-state index in [1.165, 1.54) is 6.42 Å². The minimum absolute atomic E-state index is 0.00149. The van der Waals surface area contributed by atoms with Gasteiger partial charge in [0.05, 0.1) is 0 Å². The highest BCUT2D eigenvalue weighted by Gasteiger charge is 2.20. The Bertz CT molecular complexity index is 493. The molecule has 0 bridgehead atoms. The van der Waals surface area contributed by atoms with E-state index in [1.54, 1.807) is 0 Å². The molecule has 0 aliphatic heterocycles. The lowest BCUT2D eigenvalue weighted by atomic mass is 9.88. The smallest absolute Gasteiger partial charge is 0.224 e. The first kappa shape index (κ1) is 15.5. The van der Waals surface area contributed by atoms with Gasteiger partial charge in [0.25, 0.3) is 0 Å². The number of hydrogen-bond donors (Lipinski definition) is 2. The molecule has 0 saturated heterocycles. The van der Waals surface area contributed by atoms with Crippen molar-refractivity contribution in [2.24, 2.45) is 5.92 Å². The number of amides is 2. The van der Waals surface area contributed by atoms with Crippen LogP contribution in [0.3, 0.4) is 0 Å². The number of nitrogens with one attached hydrogen (secondary N) is 2. The van der Waals surface area contributed by atoms with Crippen LogP contribution in [0.1, 0.15) is 51.0 Å². The summed E-state index contributed by atoms with van der Waals surface area (Å²) in [6, 6.07) is 7.63. The van der Waals surface area contributed by atoms with Gasteiger partial charge < -0.3 is 10.6 Å². The van der Waals surface area contributed by atoms with E-state index < -0.39 is 0 Å². The molecule has 114 valence electrons. The molecule has 0 unspecified atom stereocenters. The second-order valence-corrected chi connectivity index (χ2v) is 5.65. The van der Waals surface area contributed by atoms with Crippen molar-refractivity contribution in [1.82, 2.24) is 5.32 Å². The zero-order valence-corrected chi connectivity index (χ0v) is 12.7. The zero-order valence-electron chi connectivity index (χ0n) is 12.7. The van der Waals surface area contributed by atoms with E-state index in [0.29, 0.717) is 13.0 Å². The average molecular weight is 288 g/mol. The molecule has 2 rings (SSSR count). The molecular weight excluding hydrogens is 264 g/mol. The van der Waals surface area contributed by atoms with Gasteiger partial charge in [0, 0.05) is 24.6 Å². The number of rotatable bonds is 5. The monoisotopic (exact) mass is 288 g/mol. The lowest BCUT2D eigenvalue weighted by molar-refractivity contribution is -0.126. The second-order valence-electron chi connectivity index (χ2n) is 5.65. The first-order valence-corrected chi connectivity index (χ1v) is 7.85. The number of benzene rings is 1. The van der Waals surface area contributed by atoms with Gasteiger partial charge >= 0.3 is 0 Å². The fourth-order valence-corrected chi connectivity index (χ4v) is 2.71. The number of carbonyl (C=O) groups excluding carboxylic acids is 2. The molecule has 1 aliphatic carbocycles. The predicted molar refractivity (Wildman–Crippen MR) is 83.8 cm³/mol. The predicted octanol–water partition coefficient (Wildman–Crippen LogP) is 3.23. The van der Waals surface area contributed by atoms with E-state index in [0.717, 1.165) is 36.9 Å². The molecule has 1 aromatic rings. The summed E-state index contributed by atoms with van der Waals surface area (Å²) < 4.78 is 0. The van der Waals surface area contributed by atoms with Crippen LogP contribution in [0.4, 0.5) is 5.69 Å². The molecular formula is C17H24N2O2. The van der Waals surface area contributed by atoms with Gasteiger partial charge in [0.15, 0.2) is 0 Å². The Labute approximate surface area is 126 Å². The van der Waals surface area contributed by atoms with Gasteiger partial charge in [-0.3, -0.25) is 9.59 Å². The van der Waals surface area contributed by atoms with Crippen molar-refractivity contribution in [2.45, 2.75) is 52.0 Å². The van der Waals surface area contributed by atoms with Crippen molar-refractivity contribution in [2.75, 3.05) is 5.32 Å². The summed E-state index contributed by atoms with van der Waals surface area (Å²) in [4.78, 5) is 23.5. The molecule has 4 heteroatoms. The normalized spacial score (nSPS) is 15.5. The van der Waals surface area contributed by atoms with E-state index >= 15 is 0 Å². The number of carbonyl (C=O) groups is 2. The van der Waals surface area contributed by atoms with E-state index in [4.69, 9.17) is 0 Å². The molecule has 0 radical (unpaired) electrons. The van der Waals surface area contributed by atoms with Crippen molar-refractivity contribution in [1.29, 1.82) is 0 Å². The lowest BCUT2D eigenvalue weighted by Crippen LogP contribution is -2.31. The van der Waals surface area contributed by atoms with Gasteiger partial charge in [-0.15, -0.1) is 0 Å². The fraction of sp³-hybridized carbons (Fsp3) is 0.529. The van der Waals surface area contributed by atoms with Crippen molar-refractivity contribution in [3.05, 3.63) is 29.8 Å². The van der Waals surface area contributed by atoms with E-state index in [9.17, 15) is 9.59 Å². The largest absolute Gasteiger partial charge is 0.352 e. The molecule has 0 aromatic heterocycles. The van der Waals surface area contributed by atoms with Gasteiger partial charge in [0.1, 0.15) is 0 Å². The van der Waals surface area contributed by atoms with Gasteiger partial charge in [-0.1, -0.05) is 38.3 Å². The molecule has 1 fully saturated rings. The summed E-state index contributed by atoms with van der Waals surface area (Å²) in [6.45, 7) is 2.34. The Hall–Kier alpha value is -1.84. The molecule has 0 atom stereocenters. The first-order chi connectivity index (χ1) is 10.2. The highest BCUT2D eigenvalue weighted by molar-refractivity contribution is 5.90. The van der Waals surface area contributed by atoms with E-state index in [-0.39, 0.29) is 17.7 Å². The summed E-state index contributed by atoms with van der Waals surface area (Å²) in [7, 11) is 0. The van der Waals surface area contributed by atoms with Crippen LogP contribution in [0.5, 0.6) is 0 Å². The van der Waals surface area contributed by atoms with E-state index in [2.05, 4.69) is 10.6 Å². The van der Waals surface area contributed by atoms with Crippen molar-refractivity contribution in [3.63, 3.8) is 0 Å². The van der Waals surface area contributed by atoms with Gasteiger partial charge in [-0.25, -0.2) is 0 Å². The first-order valence-electron chi connectivity index (χ1n) is 7.85. The van der Waals surface area contributed by atoms with Crippen LogP contribution in [-0.4, -0.2) is 11.8 Å². The molecule has 4 nitrogen and oxygen atoms in total. The third-order valence-electron chi connectivity index (χ3n) is 3.97. The van der Waals surface area contributed by atoms with Crippen molar-refractivity contribution in [3.8, 4) is 0 Å². The van der Waals surface area contributed by atoms with Crippen LogP contribution in [0.2, 0.25) is 0 Å². The Morgan fingerprint density at radius 3 is 2.67 bits per heavy atom. The number of hydrogen-bond acceptors (Lipinski definition) is 2. The lowest BCUT2D eigenvalue weighted by Gasteiger charge is -2.20. The van der Waals surface area contributed by atoms with Crippen LogP contribution >= 0.6 is 0 Å². The summed E-state index contributed by atoms with van der Waals surface area (Å²) in [5, 5.41) is 5.84. The molecule has 1 aromatic carbocycles. The maximum atomic E-state index is 12.1. The molecule has 1 saturated carbocycles. The van der Waals surface area contributed by atoms with Crippen molar-refractivity contribution >= 4 is 17.5 Å². The minimum Gasteiger partial charge on any atom is -0.352 e. The Morgan fingerprint density at radius 1 is 1.19 bits per heavy atom. The van der Waals surface area contributed by atoms with Crippen molar-refractivity contribution < 1.29 is 9.59 Å². The fourth-order valence-electron chi connectivity index (χ4n) is 2.71. The second kappa shape index (κ2) is 7.81. The van der Waals surface area contributed by atoms with Crippen LogP contribution in [0.15, 0.2) is 24.3 Å². The average Bonchev–Trinajstić information content (AvgIpc) is 2.53. The standard InChI is InChI=1S/C17H24N2O2/c1-2-16(20)19-15-10-6-7-13(11-15)12-18-17(21)14-8-4-3-5-9-14/h6-7,10-11,14H,2-5,8-9,12H2,1H3,(H,18,21)(H,19,20). The van der Waals surface area contributed by atoms with E-state index in [1.807, 2.05) is 31.2 Å². The summed E-state index contributed by atoms with van der Waals surface area (Å²) in [5.74, 6) is 0.345. The molecule has 21 heavy (non-hydrogen) atoms. The van der Waals surface area contributed by atoms with Gasteiger partial charge in [0.2, 0.25) is 11.8 Å². The molecule has 1 aliphatic rings. The molecule has 0 spiro atoms. The van der Waals surface area contributed by atoms with Crippen LogP contribution in [0.25, 0.3) is 0 Å². The maximum absolute atomic E-state index is 12.1. The highest BCUT2D eigenvalue weighted by atomic mass is 16.2. The molecule has 0 heterocycles. The van der Waals surface area contributed by atoms with Gasteiger partial charge in [-0.2, -0.15) is 0 Å². The molecule has 2 N–H and O–H groups in total.